The number of nitrogens with two attached hydrogens (primary N) is 1. The molecule has 3 aromatic rings. The Morgan fingerprint density at radius 2 is 0.966 bits per heavy atom. The minimum atomic E-state index is -0.570. The number of nitrogens with one attached hydrogen (secondary N) is 1. The van der Waals surface area contributed by atoms with Gasteiger partial charge < -0.3 is 32.4 Å². The summed E-state index contributed by atoms with van der Waals surface area (Å²) in [5, 5.41) is 32.4. The third-order valence-electron chi connectivity index (χ3n) is 11.1. The van der Waals surface area contributed by atoms with Gasteiger partial charge in [-0.2, -0.15) is 0 Å². The van der Waals surface area contributed by atoms with Crippen molar-refractivity contribution >= 4 is 34.9 Å². The van der Waals surface area contributed by atoms with Crippen LogP contribution in [-0.2, 0) is 9.68 Å². The number of rotatable bonds is 8. The van der Waals surface area contributed by atoms with Gasteiger partial charge in [-0.25, -0.2) is 4.39 Å². The molecular formula is C43H65FK2N6O7. The monoisotopic (exact) mass is 874 g/mol. The molecule has 3 aromatic carbocycles. The Morgan fingerprint density at radius 3 is 1.25 bits per heavy atom. The summed E-state index contributed by atoms with van der Waals surface area (Å²) in [6.07, 6.45) is 7.85. The van der Waals surface area contributed by atoms with Crippen molar-refractivity contribution in [3.05, 3.63) is 98.8 Å². The summed E-state index contributed by atoms with van der Waals surface area (Å²) in [6.45, 7) is 20.7. The zero-order valence-corrected chi connectivity index (χ0v) is 42.8. The van der Waals surface area contributed by atoms with Gasteiger partial charge in [-0.15, -0.1) is 0 Å². The van der Waals surface area contributed by atoms with Crippen molar-refractivity contribution in [2.24, 2.45) is 35.5 Å². The average Bonchev–Trinajstić information content (AvgIpc) is 3.22. The fourth-order valence-corrected chi connectivity index (χ4v) is 7.19. The molecule has 3 heterocycles. The molecule has 3 N–H and O–H groups in total. The van der Waals surface area contributed by atoms with E-state index in [4.69, 9.17) is 15.8 Å². The van der Waals surface area contributed by atoms with Gasteiger partial charge in [0, 0.05) is 67.5 Å². The number of carbonyl (C=O) groups excluding carboxylic acids is 1. The summed E-state index contributed by atoms with van der Waals surface area (Å²) in [6, 6.07) is 19.5. The zero-order chi connectivity index (χ0) is 42.3. The number of non-ortho nitro benzene ring substituents is 2. The van der Waals surface area contributed by atoms with E-state index in [-0.39, 0.29) is 127 Å². The maximum absolute atomic E-state index is 12.1. The topological polar surface area (TPSA) is 180 Å². The van der Waals surface area contributed by atoms with Crippen molar-refractivity contribution in [2.75, 3.05) is 54.8 Å². The van der Waals surface area contributed by atoms with E-state index in [0.717, 1.165) is 84.2 Å². The number of piperidine rings is 3. The fraction of sp³-hybridized carbons (Fsp3) is 0.558. The summed E-state index contributed by atoms with van der Waals surface area (Å²) >= 11 is 0. The van der Waals surface area contributed by atoms with E-state index in [2.05, 4.69) is 73.7 Å². The molecule has 0 bridgehead atoms. The van der Waals surface area contributed by atoms with E-state index in [0.29, 0.717) is 0 Å². The van der Waals surface area contributed by atoms with Crippen LogP contribution in [0.3, 0.4) is 0 Å². The molecule has 59 heavy (non-hydrogen) atoms. The quantitative estimate of drug-likeness (QED) is 0.0849. The van der Waals surface area contributed by atoms with Crippen LogP contribution < -0.4 is 129 Å². The van der Waals surface area contributed by atoms with Crippen molar-refractivity contribution in [1.29, 1.82) is 0 Å². The maximum Gasteiger partial charge on any atom is 1.00 e. The maximum atomic E-state index is 12.1. The van der Waals surface area contributed by atoms with Gasteiger partial charge in [0.05, 0.1) is 9.85 Å². The Kier molecular flexibility index (Phi) is 31.3. The molecule has 3 aliphatic rings. The number of nitro benzene ring substituents is 2. The van der Waals surface area contributed by atoms with Gasteiger partial charge in [0.15, 0.2) is 0 Å². The third kappa shape index (κ3) is 22.9. The van der Waals surface area contributed by atoms with E-state index in [1.165, 1.54) is 70.4 Å². The number of benzene rings is 3. The molecule has 16 heteroatoms. The molecule has 6 rings (SSSR count). The van der Waals surface area contributed by atoms with Crippen LogP contribution in [0.15, 0.2) is 72.8 Å². The predicted octanol–water partition coefficient (Wildman–Crippen LogP) is 2.54. The number of hydrogen-bond donors (Lipinski definition) is 2. The second-order valence-electron chi connectivity index (χ2n) is 15.8. The van der Waals surface area contributed by atoms with E-state index >= 15 is 0 Å². The van der Waals surface area contributed by atoms with Gasteiger partial charge in [0.25, 0.3) is 17.8 Å². The number of halogens is 1. The summed E-state index contributed by atoms with van der Waals surface area (Å²) in [7, 11) is 0. The van der Waals surface area contributed by atoms with Gasteiger partial charge in [0.1, 0.15) is 5.82 Å². The van der Waals surface area contributed by atoms with Crippen LogP contribution >= 0.6 is 0 Å². The smallest absolute Gasteiger partial charge is 1.00 e. The van der Waals surface area contributed by atoms with Crippen molar-refractivity contribution in [2.45, 2.75) is 80.1 Å². The van der Waals surface area contributed by atoms with E-state index in [1.807, 2.05) is 24.3 Å². The first kappa shape index (κ1) is 57.5. The van der Waals surface area contributed by atoms with Crippen LogP contribution in [0.4, 0.5) is 32.8 Å². The molecule has 0 saturated carbocycles. The number of nitrogen functional groups attached to an aromatic ring is 1. The van der Waals surface area contributed by atoms with Crippen LogP contribution in [-0.4, -0.2) is 55.6 Å². The molecule has 3 saturated heterocycles. The SMILES string of the molecule is CC(C)C1CCN(c2ccc(N)cc2)CC1.CC(C)C1CCN(c2ccc([N+](=O)[O-])cc2)CC1.CC(C)C1CCNCC1.O=CO[O-].O=[N+]([O-])c1ccc(F)cc1.[H-].[K+].[K+]. The Bertz CT molecular complexity index is 1570. The first-order valence-corrected chi connectivity index (χ1v) is 20.1. The van der Waals surface area contributed by atoms with Gasteiger partial charge >= 0.3 is 103 Å². The standard InChI is InChI=1S/C14H20N2O2.C14H22N2.C8H17N.C6H4FNO2.CH2O3.2K.H/c1-11(2)12-7-9-15(10-8-12)13-3-5-14(6-4-13)16(17)18;1-11(2)12-7-9-16(10-8-12)14-5-3-13(15)4-6-14;1-7(2)8-3-5-9-6-4-8;7-5-1-3-6(4-2-5)8(9)10;2-1-4-3;;;/h3-6,11-12H,7-10H2,1-2H3;3-6,11-12H,7-10,15H2,1-2H3;7-9H,3-6H2,1-2H3;1-4H;1,3H;;;/q;;;;;2*+1;-1/p-1. The van der Waals surface area contributed by atoms with Crippen LogP contribution in [0.25, 0.3) is 0 Å². The predicted molar refractivity (Wildman–Crippen MR) is 225 cm³/mol. The van der Waals surface area contributed by atoms with Crippen molar-refractivity contribution < 1.29 is 133 Å². The summed E-state index contributed by atoms with van der Waals surface area (Å²) in [4.78, 5) is 35.7. The van der Waals surface area contributed by atoms with E-state index < -0.39 is 10.7 Å². The molecule has 0 atom stereocenters. The minimum absolute atomic E-state index is 0. The van der Waals surface area contributed by atoms with E-state index in [9.17, 15) is 24.6 Å². The number of nitrogens with zero attached hydrogens (tertiary/aromatic N) is 4. The molecule has 0 unspecified atom stereocenters. The molecule has 3 fully saturated rings. The molecule has 3 aliphatic heterocycles. The van der Waals surface area contributed by atoms with Crippen LogP contribution in [0.5, 0.6) is 0 Å². The Balaban J connectivity index is 0. The fourth-order valence-electron chi connectivity index (χ4n) is 7.19. The first-order chi connectivity index (χ1) is 27.2. The molecule has 0 amide bonds. The molecule has 318 valence electrons. The second-order valence-corrected chi connectivity index (χ2v) is 15.8. The normalized spacial score (nSPS) is 15.6. The molecule has 0 spiro atoms. The number of nitro groups is 2. The third-order valence-corrected chi connectivity index (χ3v) is 11.1. The van der Waals surface area contributed by atoms with Gasteiger partial charge in [-0.3, -0.25) is 25.0 Å². The number of carbonyl (C=O) groups is 1. The van der Waals surface area contributed by atoms with Gasteiger partial charge in [-0.1, -0.05) is 41.5 Å². The molecule has 0 radical (unpaired) electrons. The summed E-state index contributed by atoms with van der Waals surface area (Å²) < 4.78 is 12.1. The van der Waals surface area contributed by atoms with Gasteiger partial charge in [-0.05, 0) is 136 Å². The summed E-state index contributed by atoms with van der Waals surface area (Å²) in [5.41, 5.74) is 9.03. The molecule has 0 aromatic heterocycles. The van der Waals surface area contributed by atoms with Crippen LogP contribution in [0.2, 0.25) is 0 Å². The van der Waals surface area contributed by atoms with Crippen molar-refractivity contribution in [3.63, 3.8) is 0 Å². The van der Waals surface area contributed by atoms with Crippen molar-refractivity contribution in [1.82, 2.24) is 5.32 Å². The second kappa shape index (κ2) is 32.2. The van der Waals surface area contributed by atoms with Crippen molar-refractivity contribution in [3.8, 4) is 0 Å². The Labute approximate surface area is 437 Å². The zero-order valence-electron chi connectivity index (χ0n) is 37.6. The number of hydrogen-bond acceptors (Lipinski definition) is 11. The largest absolute Gasteiger partial charge is 1.00 e. The first-order valence-electron chi connectivity index (χ1n) is 20.1. The summed E-state index contributed by atoms with van der Waals surface area (Å²) in [5.74, 6) is 4.73. The van der Waals surface area contributed by atoms with Crippen LogP contribution in [0.1, 0.15) is 81.5 Å². The number of anilines is 3. The average molecular weight is 875 g/mol. The Morgan fingerprint density at radius 1 is 0.661 bits per heavy atom. The van der Waals surface area contributed by atoms with Gasteiger partial charge in [0.2, 0.25) is 0 Å². The van der Waals surface area contributed by atoms with E-state index in [1.54, 1.807) is 12.1 Å². The minimum Gasteiger partial charge on any atom is -1.00 e. The Hall–Kier alpha value is -1.55. The molecular weight excluding hydrogens is 810 g/mol. The van der Waals surface area contributed by atoms with Crippen LogP contribution in [0, 0.1) is 61.6 Å². The molecule has 13 nitrogen and oxygen atoms in total. The molecule has 0 aliphatic carbocycles.